The van der Waals surface area contributed by atoms with Crippen LogP contribution in [0, 0.1) is 0 Å². The van der Waals surface area contributed by atoms with Gasteiger partial charge in [-0.1, -0.05) is 47.3 Å². The third-order valence-corrected chi connectivity index (χ3v) is 4.64. The average Bonchev–Trinajstić information content (AvgIpc) is 2.40. The molecule has 2 rings (SSSR count). The number of nitrogens with two attached hydrogens (primary N) is 1. The number of carbonyl (C=O) groups excluding carboxylic acids is 1. The Bertz CT molecular complexity index is 436. The van der Waals surface area contributed by atoms with Gasteiger partial charge in [0.05, 0.1) is 0 Å². The molecular weight excluding hydrogens is 304 g/mol. The molecule has 0 aromatic heterocycles. The highest BCUT2D eigenvalue weighted by Gasteiger charge is 2.33. The number of amides is 1. The molecule has 1 aromatic rings. The fourth-order valence-corrected chi connectivity index (χ4v) is 2.87. The molecule has 1 saturated carbocycles. The Morgan fingerprint density at radius 3 is 2.42 bits per heavy atom. The van der Waals surface area contributed by atoms with E-state index in [2.05, 4.69) is 21.2 Å². The van der Waals surface area contributed by atoms with Gasteiger partial charge in [-0.25, -0.2) is 0 Å². The van der Waals surface area contributed by atoms with Crippen molar-refractivity contribution < 1.29 is 4.79 Å². The largest absolute Gasteiger partial charge is 0.399 e. The molecule has 3 N–H and O–H groups in total. The minimum Gasteiger partial charge on any atom is -0.399 e. The standard InChI is InChI=1S/C15H21BrN2O/c1-15(16,11-7-9-12(17)10-8-11)14(19)18-13-5-3-2-4-6-13/h7-10,13H,2-6,17H2,1H3,(H,18,19). The minimum atomic E-state index is -0.696. The molecule has 1 aliphatic rings. The normalized spacial score (nSPS) is 19.7. The first kappa shape index (κ1) is 14.4. The maximum Gasteiger partial charge on any atom is 0.241 e. The molecule has 0 aliphatic heterocycles. The maximum atomic E-state index is 12.4. The lowest BCUT2D eigenvalue weighted by molar-refractivity contribution is -0.124. The molecule has 3 nitrogen and oxygen atoms in total. The van der Waals surface area contributed by atoms with Gasteiger partial charge in [0.1, 0.15) is 4.32 Å². The molecule has 0 radical (unpaired) electrons. The van der Waals surface area contributed by atoms with E-state index in [1.54, 1.807) is 0 Å². The molecule has 1 fully saturated rings. The van der Waals surface area contributed by atoms with Gasteiger partial charge in [0.25, 0.3) is 0 Å². The molecule has 1 unspecified atom stereocenters. The summed E-state index contributed by atoms with van der Waals surface area (Å²) in [7, 11) is 0. The summed E-state index contributed by atoms with van der Waals surface area (Å²) in [5, 5.41) is 3.16. The smallest absolute Gasteiger partial charge is 0.241 e. The van der Waals surface area contributed by atoms with Crippen LogP contribution in [0.15, 0.2) is 24.3 Å². The highest BCUT2D eigenvalue weighted by atomic mass is 79.9. The average molecular weight is 325 g/mol. The lowest BCUT2D eigenvalue weighted by Gasteiger charge is -2.28. The van der Waals surface area contributed by atoms with Crippen molar-refractivity contribution in [3.63, 3.8) is 0 Å². The van der Waals surface area contributed by atoms with Crippen molar-refractivity contribution in [1.82, 2.24) is 5.32 Å². The summed E-state index contributed by atoms with van der Waals surface area (Å²) in [5.41, 5.74) is 7.31. The van der Waals surface area contributed by atoms with Crippen LogP contribution in [-0.4, -0.2) is 11.9 Å². The Labute approximate surface area is 123 Å². The number of halogens is 1. The first-order valence-electron chi connectivity index (χ1n) is 6.86. The van der Waals surface area contributed by atoms with Crippen LogP contribution in [-0.2, 0) is 9.12 Å². The SMILES string of the molecule is CC(Br)(C(=O)NC1CCCCC1)c1ccc(N)cc1. The first-order chi connectivity index (χ1) is 9.00. The van der Waals surface area contributed by atoms with Crippen LogP contribution in [0.25, 0.3) is 0 Å². The van der Waals surface area contributed by atoms with Gasteiger partial charge in [-0.3, -0.25) is 4.79 Å². The molecule has 104 valence electrons. The number of hydrogen-bond donors (Lipinski definition) is 2. The number of carbonyl (C=O) groups is 1. The second-order valence-electron chi connectivity index (χ2n) is 5.43. The van der Waals surface area contributed by atoms with Crippen LogP contribution in [0.3, 0.4) is 0 Å². The van der Waals surface area contributed by atoms with Crippen LogP contribution < -0.4 is 11.1 Å². The van der Waals surface area contributed by atoms with E-state index < -0.39 is 4.32 Å². The van der Waals surface area contributed by atoms with Crippen molar-refractivity contribution in [2.75, 3.05) is 5.73 Å². The summed E-state index contributed by atoms with van der Waals surface area (Å²) < 4.78 is -0.696. The zero-order valence-electron chi connectivity index (χ0n) is 11.3. The van der Waals surface area contributed by atoms with Gasteiger partial charge >= 0.3 is 0 Å². The lowest BCUT2D eigenvalue weighted by atomic mass is 9.94. The van der Waals surface area contributed by atoms with Crippen LogP contribution in [0.4, 0.5) is 5.69 Å². The predicted molar refractivity (Wildman–Crippen MR) is 82.1 cm³/mol. The van der Waals surface area contributed by atoms with Crippen molar-refractivity contribution in [2.45, 2.75) is 49.4 Å². The van der Waals surface area contributed by atoms with Gasteiger partial charge in [0, 0.05) is 11.7 Å². The fourth-order valence-electron chi connectivity index (χ4n) is 2.50. The number of benzene rings is 1. The Morgan fingerprint density at radius 1 is 1.26 bits per heavy atom. The summed E-state index contributed by atoms with van der Waals surface area (Å²) >= 11 is 3.55. The van der Waals surface area contributed by atoms with Gasteiger partial charge in [0.15, 0.2) is 0 Å². The van der Waals surface area contributed by atoms with Crippen molar-refractivity contribution in [1.29, 1.82) is 0 Å². The third-order valence-electron chi connectivity index (χ3n) is 3.82. The van der Waals surface area contributed by atoms with E-state index in [-0.39, 0.29) is 5.91 Å². The van der Waals surface area contributed by atoms with Crippen LogP contribution in [0.2, 0.25) is 0 Å². The molecule has 1 aromatic carbocycles. The number of rotatable bonds is 3. The van der Waals surface area contributed by atoms with Crippen LogP contribution in [0.1, 0.15) is 44.6 Å². The molecule has 1 atom stereocenters. The number of alkyl halides is 1. The lowest BCUT2D eigenvalue weighted by Crippen LogP contribution is -2.44. The number of hydrogen-bond acceptors (Lipinski definition) is 2. The molecule has 0 spiro atoms. The number of nitrogen functional groups attached to an aromatic ring is 1. The molecule has 1 amide bonds. The molecule has 0 heterocycles. The molecule has 0 bridgehead atoms. The van der Waals surface area contributed by atoms with E-state index >= 15 is 0 Å². The van der Waals surface area contributed by atoms with E-state index in [0.717, 1.165) is 18.4 Å². The second-order valence-corrected chi connectivity index (χ2v) is 7.02. The van der Waals surface area contributed by atoms with Crippen LogP contribution in [0.5, 0.6) is 0 Å². The Balaban J connectivity index is 2.05. The first-order valence-corrected chi connectivity index (χ1v) is 7.65. The van der Waals surface area contributed by atoms with Gasteiger partial charge in [-0.15, -0.1) is 0 Å². The zero-order chi connectivity index (χ0) is 13.9. The fraction of sp³-hybridized carbons (Fsp3) is 0.533. The van der Waals surface area contributed by atoms with E-state index in [1.807, 2.05) is 31.2 Å². The molecule has 0 saturated heterocycles. The van der Waals surface area contributed by atoms with E-state index in [1.165, 1.54) is 19.3 Å². The zero-order valence-corrected chi connectivity index (χ0v) is 12.9. The quantitative estimate of drug-likeness (QED) is 0.662. The van der Waals surface area contributed by atoms with Gasteiger partial charge < -0.3 is 11.1 Å². The van der Waals surface area contributed by atoms with Gasteiger partial charge in [0.2, 0.25) is 5.91 Å². The summed E-state index contributed by atoms with van der Waals surface area (Å²) in [4.78, 5) is 12.4. The molecule has 1 aliphatic carbocycles. The summed E-state index contributed by atoms with van der Waals surface area (Å²) in [6, 6.07) is 7.76. The maximum absolute atomic E-state index is 12.4. The summed E-state index contributed by atoms with van der Waals surface area (Å²) in [6.45, 7) is 1.89. The van der Waals surface area contributed by atoms with E-state index in [9.17, 15) is 4.79 Å². The van der Waals surface area contributed by atoms with Crippen molar-refractivity contribution in [3.8, 4) is 0 Å². The Kier molecular flexibility index (Phi) is 4.50. The van der Waals surface area contributed by atoms with Crippen LogP contribution >= 0.6 is 15.9 Å². The monoisotopic (exact) mass is 324 g/mol. The number of nitrogens with one attached hydrogen (secondary N) is 1. The summed E-state index contributed by atoms with van der Waals surface area (Å²) in [5.74, 6) is 0.0316. The Morgan fingerprint density at radius 2 is 1.84 bits per heavy atom. The highest BCUT2D eigenvalue weighted by Crippen LogP contribution is 2.32. The molecular formula is C15H21BrN2O. The highest BCUT2D eigenvalue weighted by molar-refractivity contribution is 9.10. The second kappa shape index (κ2) is 5.95. The topological polar surface area (TPSA) is 55.1 Å². The summed E-state index contributed by atoms with van der Waals surface area (Å²) in [6.07, 6.45) is 5.90. The predicted octanol–water partition coefficient (Wildman–Crippen LogP) is 3.33. The van der Waals surface area contributed by atoms with E-state index in [0.29, 0.717) is 11.7 Å². The van der Waals surface area contributed by atoms with E-state index in [4.69, 9.17) is 5.73 Å². The van der Waals surface area contributed by atoms with Crippen molar-refractivity contribution in [2.24, 2.45) is 0 Å². The minimum absolute atomic E-state index is 0.0316. The van der Waals surface area contributed by atoms with Gasteiger partial charge in [-0.2, -0.15) is 0 Å². The van der Waals surface area contributed by atoms with Gasteiger partial charge in [-0.05, 0) is 37.5 Å². The molecule has 19 heavy (non-hydrogen) atoms. The van der Waals surface area contributed by atoms with Crippen molar-refractivity contribution in [3.05, 3.63) is 29.8 Å². The Hall–Kier alpha value is -1.03. The van der Waals surface area contributed by atoms with Crippen molar-refractivity contribution >= 4 is 27.5 Å². The number of anilines is 1. The third kappa shape index (κ3) is 3.50. The molecule has 4 heteroatoms.